The molecule has 2 atom stereocenters. The molecule has 6 aromatic carbocycles. The summed E-state index contributed by atoms with van der Waals surface area (Å²) in [6, 6.07) is 46.3. The van der Waals surface area contributed by atoms with Crippen molar-refractivity contribution in [1.29, 1.82) is 0 Å². The van der Waals surface area contributed by atoms with E-state index in [1.165, 1.54) is 115 Å². The maximum Gasteiger partial charge on any atom is 0.252 e. The van der Waals surface area contributed by atoms with E-state index in [1.54, 1.807) is 0 Å². The van der Waals surface area contributed by atoms with Gasteiger partial charge in [-0.25, -0.2) is 0 Å². The Morgan fingerprint density at radius 3 is 1.96 bits per heavy atom. The first-order valence-corrected chi connectivity index (χ1v) is 19.2. The minimum atomic E-state index is -0.0429. The largest absolute Gasteiger partial charge is 0.335 e. The second-order valence-electron chi connectivity index (χ2n) is 16.4. The van der Waals surface area contributed by atoms with Crippen LogP contribution in [-0.2, 0) is 5.41 Å². The molecule has 0 radical (unpaired) electrons. The molecule has 0 aromatic heterocycles. The molecule has 0 bridgehead atoms. The average Bonchev–Trinajstić information content (AvgIpc) is 3.36. The molecular weight excluding hydrogens is 629 g/mol. The fourth-order valence-electron chi connectivity index (χ4n) is 10.5. The van der Waals surface area contributed by atoms with Gasteiger partial charge in [-0.3, -0.25) is 0 Å². The number of aryl methyl sites for hydroxylation is 4. The summed E-state index contributed by atoms with van der Waals surface area (Å²) in [5.41, 5.74) is 21.1. The van der Waals surface area contributed by atoms with Crippen LogP contribution in [0, 0.1) is 27.7 Å². The van der Waals surface area contributed by atoms with Gasteiger partial charge in [-0.2, -0.15) is 0 Å². The molecular formula is C48H46BN3. The van der Waals surface area contributed by atoms with Crippen LogP contribution in [0.25, 0.3) is 0 Å². The maximum atomic E-state index is 2.84. The lowest BCUT2D eigenvalue weighted by Gasteiger charge is -2.53. The normalized spacial score (nSPS) is 20.6. The van der Waals surface area contributed by atoms with Crippen molar-refractivity contribution in [2.75, 3.05) is 14.7 Å². The summed E-state index contributed by atoms with van der Waals surface area (Å²) in [6.45, 7) is 14.2. The third-order valence-electron chi connectivity index (χ3n) is 13.4. The van der Waals surface area contributed by atoms with Crippen LogP contribution in [-0.4, -0.2) is 12.3 Å². The summed E-state index contributed by atoms with van der Waals surface area (Å²) in [5.74, 6) is 0. The summed E-state index contributed by atoms with van der Waals surface area (Å²) in [7, 11) is 0. The third kappa shape index (κ3) is 4.15. The molecule has 1 saturated carbocycles. The van der Waals surface area contributed by atoms with Crippen LogP contribution in [0.2, 0.25) is 0 Å². The SMILES string of the molecule is Cc1ccc(N2c3ccc(C)cc3B3c4cccc5c4N(c4cc(N(c6ccccc6C)c6ccccc6C)cc2c43)C2(C)CCCCC52C)cc1. The Balaban J connectivity index is 1.36. The highest BCUT2D eigenvalue weighted by molar-refractivity contribution is 7.00. The molecule has 52 heavy (non-hydrogen) atoms. The highest BCUT2D eigenvalue weighted by Crippen LogP contribution is 2.62. The summed E-state index contributed by atoms with van der Waals surface area (Å²) in [6.07, 6.45) is 4.93. The molecule has 4 heteroatoms. The minimum absolute atomic E-state index is 0.0429. The van der Waals surface area contributed by atoms with E-state index < -0.39 is 0 Å². The van der Waals surface area contributed by atoms with Gasteiger partial charge in [0.15, 0.2) is 0 Å². The van der Waals surface area contributed by atoms with E-state index >= 15 is 0 Å². The van der Waals surface area contributed by atoms with Gasteiger partial charge in [-0.15, -0.1) is 0 Å². The van der Waals surface area contributed by atoms with Gasteiger partial charge in [0.05, 0.1) is 11.2 Å². The predicted octanol–water partition coefficient (Wildman–Crippen LogP) is 10.7. The van der Waals surface area contributed by atoms with Crippen molar-refractivity contribution < 1.29 is 0 Å². The van der Waals surface area contributed by atoms with Crippen LogP contribution in [0.4, 0.5) is 45.5 Å². The molecule has 4 aliphatic rings. The lowest BCUT2D eigenvalue weighted by atomic mass is 9.33. The molecule has 256 valence electrons. The van der Waals surface area contributed by atoms with Crippen molar-refractivity contribution in [3.05, 3.63) is 149 Å². The van der Waals surface area contributed by atoms with Gasteiger partial charge >= 0.3 is 0 Å². The Kier molecular flexibility index (Phi) is 6.75. The lowest BCUT2D eigenvalue weighted by Crippen LogP contribution is -2.64. The highest BCUT2D eigenvalue weighted by atomic mass is 15.3. The molecule has 2 unspecified atom stereocenters. The van der Waals surface area contributed by atoms with Crippen LogP contribution in [0.15, 0.2) is 121 Å². The molecule has 6 aromatic rings. The van der Waals surface area contributed by atoms with Gasteiger partial charge in [0.2, 0.25) is 0 Å². The molecule has 1 aliphatic carbocycles. The second kappa shape index (κ2) is 11.1. The number of hydrogen-bond donors (Lipinski definition) is 0. The molecule has 1 fully saturated rings. The quantitative estimate of drug-likeness (QED) is 0.172. The summed E-state index contributed by atoms with van der Waals surface area (Å²) >= 11 is 0. The van der Waals surface area contributed by atoms with Gasteiger partial charge in [0.1, 0.15) is 0 Å². The first-order valence-electron chi connectivity index (χ1n) is 19.2. The number of nitrogens with zero attached hydrogens (tertiary/aromatic N) is 3. The summed E-state index contributed by atoms with van der Waals surface area (Å²) in [4.78, 5) is 7.93. The molecule has 0 saturated heterocycles. The first-order chi connectivity index (χ1) is 25.2. The van der Waals surface area contributed by atoms with Crippen LogP contribution in [0.3, 0.4) is 0 Å². The van der Waals surface area contributed by atoms with E-state index in [0.717, 1.165) is 0 Å². The molecule has 3 heterocycles. The minimum Gasteiger partial charge on any atom is -0.335 e. The predicted molar refractivity (Wildman–Crippen MR) is 222 cm³/mol. The number of rotatable bonds is 4. The Labute approximate surface area is 309 Å². The Morgan fingerprint density at radius 1 is 0.596 bits per heavy atom. The molecule has 3 nitrogen and oxygen atoms in total. The highest BCUT2D eigenvalue weighted by Gasteiger charge is 2.61. The fourth-order valence-corrected chi connectivity index (χ4v) is 10.5. The number of anilines is 8. The number of benzene rings is 6. The molecule has 10 rings (SSSR count). The third-order valence-corrected chi connectivity index (χ3v) is 13.4. The Bertz CT molecular complexity index is 2390. The summed E-state index contributed by atoms with van der Waals surface area (Å²) in [5, 5.41) is 0. The van der Waals surface area contributed by atoms with E-state index in [4.69, 9.17) is 0 Å². The van der Waals surface area contributed by atoms with Gasteiger partial charge in [0, 0.05) is 45.2 Å². The van der Waals surface area contributed by atoms with Crippen molar-refractivity contribution in [2.24, 2.45) is 0 Å². The second-order valence-corrected chi connectivity index (χ2v) is 16.4. The van der Waals surface area contributed by atoms with Crippen molar-refractivity contribution in [3.8, 4) is 0 Å². The zero-order chi connectivity index (χ0) is 35.5. The molecule has 3 aliphatic heterocycles. The zero-order valence-electron chi connectivity index (χ0n) is 31.3. The number of hydrogen-bond acceptors (Lipinski definition) is 3. The Hall–Kier alpha value is -5.22. The van der Waals surface area contributed by atoms with Crippen LogP contribution in [0.1, 0.15) is 67.3 Å². The first kappa shape index (κ1) is 31.5. The van der Waals surface area contributed by atoms with Gasteiger partial charge in [-0.1, -0.05) is 110 Å². The zero-order valence-corrected chi connectivity index (χ0v) is 31.3. The lowest BCUT2D eigenvalue weighted by molar-refractivity contribution is 0.195. The van der Waals surface area contributed by atoms with Crippen molar-refractivity contribution in [1.82, 2.24) is 0 Å². The maximum absolute atomic E-state index is 2.84. The van der Waals surface area contributed by atoms with E-state index in [2.05, 4.69) is 178 Å². The van der Waals surface area contributed by atoms with Crippen LogP contribution < -0.4 is 31.1 Å². The van der Waals surface area contributed by atoms with E-state index in [0.29, 0.717) is 0 Å². The fraction of sp³-hybridized carbons (Fsp3) is 0.250. The topological polar surface area (TPSA) is 9.72 Å². The van der Waals surface area contributed by atoms with Crippen molar-refractivity contribution in [3.63, 3.8) is 0 Å². The number of fused-ring (bicyclic) bond motifs is 7. The monoisotopic (exact) mass is 675 g/mol. The van der Waals surface area contributed by atoms with Gasteiger partial charge in [0.25, 0.3) is 6.71 Å². The van der Waals surface area contributed by atoms with E-state index in [-0.39, 0.29) is 17.7 Å². The van der Waals surface area contributed by atoms with Crippen LogP contribution >= 0.6 is 0 Å². The van der Waals surface area contributed by atoms with Crippen molar-refractivity contribution in [2.45, 2.75) is 78.2 Å². The molecule has 0 N–H and O–H groups in total. The molecule has 0 amide bonds. The Morgan fingerprint density at radius 2 is 1.25 bits per heavy atom. The number of para-hydroxylation sites is 3. The van der Waals surface area contributed by atoms with Gasteiger partial charge < -0.3 is 14.7 Å². The van der Waals surface area contributed by atoms with Crippen molar-refractivity contribution >= 4 is 68.6 Å². The smallest absolute Gasteiger partial charge is 0.252 e. The molecule has 0 spiro atoms. The van der Waals surface area contributed by atoms with Gasteiger partial charge in [-0.05, 0) is 123 Å². The van der Waals surface area contributed by atoms with E-state index in [9.17, 15) is 0 Å². The standard InChI is InChI=1S/C48H46BN3/c1-31-20-23-35(24-21-31)50-42-25-22-32(2)28-39(42)49-38-17-13-16-37-46(38)52(48(6)27-12-11-26-47(37,48)5)44-30-36(29-43(50)45(44)49)51(40-18-9-7-14-33(40)3)41-19-10-8-15-34(41)4/h7-10,13-25,28-30H,11-12,26-27H2,1-6H3. The summed E-state index contributed by atoms with van der Waals surface area (Å²) < 4.78 is 0. The van der Waals surface area contributed by atoms with E-state index in [1.807, 2.05) is 0 Å². The van der Waals surface area contributed by atoms with Crippen LogP contribution in [0.5, 0.6) is 0 Å². The average molecular weight is 676 g/mol.